The van der Waals surface area contributed by atoms with Gasteiger partial charge in [0, 0.05) is 12.6 Å². The Morgan fingerprint density at radius 3 is 2.69 bits per heavy atom. The van der Waals surface area contributed by atoms with Crippen molar-refractivity contribution in [3.63, 3.8) is 0 Å². The van der Waals surface area contributed by atoms with Crippen molar-refractivity contribution in [2.24, 2.45) is 5.41 Å². The first-order chi connectivity index (χ1) is 12.3. The average molecular weight is 355 g/mol. The number of likely N-dealkylation sites (tertiary alicyclic amines) is 1. The van der Waals surface area contributed by atoms with E-state index in [0.29, 0.717) is 0 Å². The number of hydrogen-bond donors (Lipinski definition) is 1. The Balaban J connectivity index is 1.76. The Hall–Kier alpha value is -2.30. The van der Waals surface area contributed by atoms with Crippen molar-refractivity contribution in [1.82, 2.24) is 15.4 Å². The second kappa shape index (κ2) is 7.52. The standard InChI is InChI=1S/C21H29N3O2/c1-15-13-17(23-26-15)19-11-8-12-24(19)20(25)22-18(14-21(2,3)4)16-9-6-5-7-10-16/h5-7,9-10,13,18-19H,8,11-12,14H2,1-4H3,(H,22,25)/t18-,19+/m0/s1. The van der Waals surface area contributed by atoms with Gasteiger partial charge in [-0.05, 0) is 37.2 Å². The lowest BCUT2D eigenvalue weighted by atomic mass is 9.85. The molecule has 3 rings (SSSR count). The minimum Gasteiger partial charge on any atom is -0.361 e. The summed E-state index contributed by atoms with van der Waals surface area (Å²) in [5.74, 6) is 0.780. The largest absolute Gasteiger partial charge is 0.361 e. The van der Waals surface area contributed by atoms with E-state index in [1.54, 1.807) is 0 Å². The van der Waals surface area contributed by atoms with Crippen LogP contribution in [0.25, 0.3) is 0 Å². The minimum atomic E-state index is -0.0220. The lowest BCUT2D eigenvalue weighted by molar-refractivity contribution is 0.182. The summed E-state index contributed by atoms with van der Waals surface area (Å²) in [4.78, 5) is 15.0. The van der Waals surface area contributed by atoms with Crippen LogP contribution in [0.15, 0.2) is 40.9 Å². The van der Waals surface area contributed by atoms with Gasteiger partial charge in [0.15, 0.2) is 0 Å². The molecule has 0 radical (unpaired) electrons. The van der Waals surface area contributed by atoms with Gasteiger partial charge in [0.25, 0.3) is 0 Å². The number of nitrogens with zero attached hydrogens (tertiary/aromatic N) is 2. The number of amides is 2. The Kier molecular flexibility index (Phi) is 5.35. The van der Waals surface area contributed by atoms with Crippen LogP contribution in [-0.4, -0.2) is 22.6 Å². The second-order valence-electron chi connectivity index (χ2n) is 8.39. The summed E-state index contributed by atoms with van der Waals surface area (Å²) in [6.45, 7) is 9.23. The van der Waals surface area contributed by atoms with Crippen LogP contribution in [0.5, 0.6) is 0 Å². The fourth-order valence-corrected chi connectivity index (χ4v) is 3.64. The van der Waals surface area contributed by atoms with Crippen LogP contribution in [0.3, 0.4) is 0 Å². The molecule has 1 aromatic heterocycles. The molecule has 2 aromatic rings. The fourth-order valence-electron chi connectivity index (χ4n) is 3.64. The van der Waals surface area contributed by atoms with Gasteiger partial charge in [0.05, 0.1) is 12.1 Å². The van der Waals surface area contributed by atoms with E-state index in [4.69, 9.17) is 4.52 Å². The van der Waals surface area contributed by atoms with Gasteiger partial charge in [-0.1, -0.05) is 56.3 Å². The van der Waals surface area contributed by atoms with Gasteiger partial charge in [-0.15, -0.1) is 0 Å². The van der Waals surface area contributed by atoms with Crippen LogP contribution in [0, 0.1) is 12.3 Å². The first-order valence-corrected chi connectivity index (χ1v) is 9.39. The molecule has 5 heteroatoms. The molecule has 2 heterocycles. The highest BCUT2D eigenvalue weighted by Gasteiger charge is 2.33. The lowest BCUT2D eigenvalue weighted by Gasteiger charge is -2.30. The van der Waals surface area contributed by atoms with E-state index < -0.39 is 0 Å². The Bertz CT molecular complexity index is 733. The summed E-state index contributed by atoms with van der Waals surface area (Å²) in [5.41, 5.74) is 2.10. The molecule has 0 bridgehead atoms. The maximum Gasteiger partial charge on any atom is 0.318 e. The Morgan fingerprint density at radius 2 is 2.08 bits per heavy atom. The Labute approximate surface area is 155 Å². The van der Waals surface area contributed by atoms with Gasteiger partial charge in [0.1, 0.15) is 11.5 Å². The van der Waals surface area contributed by atoms with Crippen LogP contribution in [0.4, 0.5) is 4.79 Å². The van der Waals surface area contributed by atoms with E-state index in [1.165, 1.54) is 0 Å². The fraction of sp³-hybridized carbons (Fsp3) is 0.524. The van der Waals surface area contributed by atoms with Gasteiger partial charge in [-0.2, -0.15) is 0 Å². The topological polar surface area (TPSA) is 58.4 Å². The first kappa shape index (κ1) is 18.5. The van der Waals surface area contributed by atoms with E-state index >= 15 is 0 Å². The average Bonchev–Trinajstić information content (AvgIpc) is 3.22. The molecule has 0 spiro atoms. The normalized spacial score (nSPS) is 18.8. The van der Waals surface area contributed by atoms with Crippen LogP contribution in [0.1, 0.15) is 69.1 Å². The van der Waals surface area contributed by atoms with Crippen molar-refractivity contribution in [2.75, 3.05) is 6.54 Å². The molecule has 26 heavy (non-hydrogen) atoms. The SMILES string of the molecule is Cc1cc([C@H]2CCCN2C(=O)N[C@@H](CC(C)(C)C)c2ccccc2)no1. The number of aryl methyl sites for hydroxylation is 1. The molecule has 5 nitrogen and oxygen atoms in total. The maximum absolute atomic E-state index is 13.1. The van der Waals surface area contributed by atoms with Crippen LogP contribution >= 0.6 is 0 Å². The molecule has 1 N–H and O–H groups in total. The van der Waals surface area contributed by atoms with Crippen molar-refractivity contribution in [1.29, 1.82) is 0 Å². The number of carbonyl (C=O) groups is 1. The monoisotopic (exact) mass is 355 g/mol. The zero-order chi connectivity index (χ0) is 18.7. The van der Waals surface area contributed by atoms with Gasteiger partial charge in [-0.25, -0.2) is 4.79 Å². The van der Waals surface area contributed by atoms with Gasteiger partial charge >= 0.3 is 6.03 Å². The molecular formula is C21H29N3O2. The predicted molar refractivity (Wildman–Crippen MR) is 102 cm³/mol. The first-order valence-electron chi connectivity index (χ1n) is 9.39. The molecule has 0 saturated carbocycles. The quantitative estimate of drug-likeness (QED) is 0.839. The van der Waals surface area contributed by atoms with Gasteiger partial charge in [0.2, 0.25) is 0 Å². The molecule has 2 atom stereocenters. The summed E-state index contributed by atoms with van der Waals surface area (Å²) in [6.07, 6.45) is 2.79. The van der Waals surface area contributed by atoms with Crippen molar-refractivity contribution in [3.8, 4) is 0 Å². The summed E-state index contributed by atoms with van der Waals surface area (Å²) in [6, 6.07) is 12.1. The molecular weight excluding hydrogens is 326 g/mol. The van der Waals surface area contributed by atoms with Crippen LogP contribution in [-0.2, 0) is 0 Å². The summed E-state index contributed by atoms with van der Waals surface area (Å²) < 4.78 is 5.21. The van der Waals surface area contributed by atoms with Crippen molar-refractivity contribution in [3.05, 3.63) is 53.4 Å². The van der Waals surface area contributed by atoms with E-state index in [0.717, 1.165) is 42.8 Å². The molecule has 2 amide bonds. The number of rotatable bonds is 4. The smallest absolute Gasteiger partial charge is 0.318 e. The molecule has 1 aromatic carbocycles. The van der Waals surface area contributed by atoms with Crippen molar-refractivity contribution >= 4 is 6.03 Å². The number of nitrogens with one attached hydrogen (secondary N) is 1. The van der Waals surface area contributed by atoms with Crippen molar-refractivity contribution < 1.29 is 9.32 Å². The molecule has 1 aliphatic rings. The summed E-state index contributed by atoms with van der Waals surface area (Å²) in [5, 5.41) is 7.40. The summed E-state index contributed by atoms with van der Waals surface area (Å²) >= 11 is 0. The number of carbonyl (C=O) groups excluding carboxylic acids is 1. The maximum atomic E-state index is 13.1. The van der Waals surface area contributed by atoms with Crippen LogP contribution < -0.4 is 5.32 Å². The molecule has 1 fully saturated rings. The van der Waals surface area contributed by atoms with Crippen LogP contribution in [0.2, 0.25) is 0 Å². The van der Waals surface area contributed by atoms with E-state index in [2.05, 4.69) is 43.4 Å². The molecule has 0 aliphatic carbocycles. The van der Waals surface area contributed by atoms with Crippen molar-refractivity contribution in [2.45, 2.75) is 59.0 Å². The minimum absolute atomic E-state index is 0.00138. The zero-order valence-corrected chi connectivity index (χ0v) is 16.2. The Morgan fingerprint density at radius 1 is 1.35 bits per heavy atom. The molecule has 1 aliphatic heterocycles. The number of urea groups is 1. The summed E-state index contributed by atoms with van der Waals surface area (Å²) in [7, 11) is 0. The molecule has 140 valence electrons. The highest BCUT2D eigenvalue weighted by molar-refractivity contribution is 5.75. The van der Waals surface area contributed by atoms with E-state index in [9.17, 15) is 4.79 Å². The molecule has 1 saturated heterocycles. The third kappa shape index (κ3) is 4.45. The number of aromatic nitrogens is 1. The van der Waals surface area contributed by atoms with E-state index in [1.807, 2.05) is 36.1 Å². The lowest BCUT2D eigenvalue weighted by Crippen LogP contribution is -2.42. The van der Waals surface area contributed by atoms with Gasteiger partial charge < -0.3 is 14.7 Å². The number of benzene rings is 1. The molecule has 0 unspecified atom stereocenters. The van der Waals surface area contributed by atoms with Gasteiger partial charge in [-0.3, -0.25) is 0 Å². The predicted octanol–water partition coefficient (Wildman–Crippen LogP) is 5.01. The second-order valence-corrected chi connectivity index (χ2v) is 8.39. The number of hydrogen-bond acceptors (Lipinski definition) is 3. The highest BCUT2D eigenvalue weighted by Crippen LogP contribution is 2.33. The van der Waals surface area contributed by atoms with E-state index in [-0.39, 0.29) is 23.5 Å². The third-order valence-corrected chi connectivity index (χ3v) is 4.82. The highest BCUT2D eigenvalue weighted by atomic mass is 16.5. The third-order valence-electron chi connectivity index (χ3n) is 4.82. The zero-order valence-electron chi connectivity index (χ0n) is 16.2.